The average molecular weight is 297 g/mol. The Morgan fingerprint density at radius 3 is 3.00 bits per heavy atom. The summed E-state index contributed by atoms with van der Waals surface area (Å²) in [5, 5.41) is 6.19. The highest BCUT2D eigenvalue weighted by molar-refractivity contribution is 5.61. The number of nitrogens with one attached hydrogen (secondary N) is 2. The summed E-state index contributed by atoms with van der Waals surface area (Å²) in [6, 6.07) is 11.3. The number of hydrogen-bond acceptors (Lipinski definition) is 4. The first-order valence-electron chi connectivity index (χ1n) is 7.32. The Morgan fingerprint density at radius 2 is 2.14 bits per heavy atom. The monoisotopic (exact) mass is 297 g/mol. The summed E-state index contributed by atoms with van der Waals surface area (Å²) in [4.78, 5) is 8.97. The number of nitrogens with zero attached hydrogens (tertiary/aromatic N) is 3. The van der Waals surface area contributed by atoms with Crippen LogP contribution in [-0.4, -0.2) is 39.7 Å². The molecule has 0 spiro atoms. The molecule has 2 atom stereocenters. The van der Waals surface area contributed by atoms with Crippen molar-refractivity contribution in [2.45, 2.75) is 12.2 Å². The topological polar surface area (TPSA) is 54.2 Å². The Hall–Kier alpha value is -2.47. The van der Waals surface area contributed by atoms with Gasteiger partial charge in [-0.05, 0) is 24.3 Å². The van der Waals surface area contributed by atoms with Gasteiger partial charge < -0.3 is 10.6 Å². The molecular formula is C16H16FN5. The molecule has 1 aliphatic heterocycles. The third kappa shape index (κ3) is 2.31. The number of pyridine rings is 2. The molecule has 0 aromatic carbocycles. The van der Waals surface area contributed by atoms with Crippen molar-refractivity contribution in [2.75, 3.05) is 18.4 Å². The molecule has 2 N–H and O–H groups in total. The lowest BCUT2D eigenvalue weighted by atomic mass is 10.2. The highest BCUT2D eigenvalue weighted by Gasteiger charge is 2.26. The second-order valence-corrected chi connectivity index (χ2v) is 5.41. The van der Waals surface area contributed by atoms with E-state index in [0.29, 0.717) is 18.9 Å². The van der Waals surface area contributed by atoms with Crippen LogP contribution >= 0.6 is 0 Å². The average Bonchev–Trinajstić information content (AvgIpc) is 3.14. The van der Waals surface area contributed by atoms with E-state index in [0.717, 1.165) is 17.0 Å². The van der Waals surface area contributed by atoms with Crippen molar-refractivity contribution in [3.05, 3.63) is 48.8 Å². The molecule has 0 aliphatic carbocycles. The molecule has 3 aromatic heterocycles. The summed E-state index contributed by atoms with van der Waals surface area (Å²) in [5.74, 6) is 0.680. The fraction of sp³-hybridized carbons (Fsp3) is 0.250. The van der Waals surface area contributed by atoms with Crippen molar-refractivity contribution < 1.29 is 4.39 Å². The van der Waals surface area contributed by atoms with Crippen LogP contribution in [0.1, 0.15) is 0 Å². The van der Waals surface area contributed by atoms with Gasteiger partial charge in [-0.1, -0.05) is 12.1 Å². The predicted octanol–water partition coefficient (Wildman–Crippen LogP) is 2.12. The van der Waals surface area contributed by atoms with Gasteiger partial charge in [0.2, 0.25) is 0 Å². The molecule has 0 amide bonds. The molecule has 4 rings (SSSR count). The lowest BCUT2D eigenvalue weighted by molar-refractivity contribution is 0.342. The molecule has 4 heterocycles. The molecule has 0 saturated carbocycles. The number of rotatable bonds is 3. The van der Waals surface area contributed by atoms with Crippen LogP contribution in [0.5, 0.6) is 0 Å². The van der Waals surface area contributed by atoms with Crippen LogP contribution in [0.3, 0.4) is 0 Å². The van der Waals surface area contributed by atoms with Gasteiger partial charge in [-0.2, -0.15) is 0 Å². The van der Waals surface area contributed by atoms with Gasteiger partial charge in [0.05, 0.1) is 23.6 Å². The smallest absolute Gasteiger partial charge is 0.137 e. The maximum Gasteiger partial charge on any atom is 0.137 e. The summed E-state index contributed by atoms with van der Waals surface area (Å²) >= 11 is 0. The Balaban J connectivity index is 1.67. The highest BCUT2D eigenvalue weighted by atomic mass is 19.1. The molecule has 0 bridgehead atoms. The van der Waals surface area contributed by atoms with Crippen molar-refractivity contribution in [3.63, 3.8) is 0 Å². The quantitative estimate of drug-likeness (QED) is 0.777. The van der Waals surface area contributed by atoms with Gasteiger partial charge in [-0.3, -0.25) is 4.40 Å². The zero-order chi connectivity index (χ0) is 14.9. The first-order chi connectivity index (χ1) is 10.8. The second-order valence-electron chi connectivity index (χ2n) is 5.41. The van der Waals surface area contributed by atoms with E-state index in [4.69, 9.17) is 0 Å². The lowest BCUT2D eigenvalue weighted by Crippen LogP contribution is -2.29. The molecule has 22 heavy (non-hydrogen) atoms. The minimum absolute atomic E-state index is 0.232. The molecule has 5 nitrogen and oxygen atoms in total. The van der Waals surface area contributed by atoms with Crippen molar-refractivity contribution in [1.82, 2.24) is 19.7 Å². The van der Waals surface area contributed by atoms with Crippen LogP contribution < -0.4 is 10.6 Å². The standard InChI is InChI=1S/C16H16FN5/c17-11-8-18-9-13(11)21-15-5-3-4-12(20-15)14-10-19-16-6-1-2-7-22(14)16/h1-7,10-11,13,18H,8-9H2,(H,20,21). The number of anilines is 1. The van der Waals surface area contributed by atoms with Crippen LogP contribution in [-0.2, 0) is 0 Å². The molecule has 6 heteroatoms. The van der Waals surface area contributed by atoms with Gasteiger partial charge in [0, 0.05) is 19.3 Å². The summed E-state index contributed by atoms with van der Waals surface area (Å²) in [6.07, 6.45) is 2.87. The van der Waals surface area contributed by atoms with E-state index < -0.39 is 6.17 Å². The Morgan fingerprint density at radius 1 is 1.18 bits per heavy atom. The van der Waals surface area contributed by atoms with E-state index in [9.17, 15) is 4.39 Å². The lowest BCUT2D eigenvalue weighted by Gasteiger charge is -2.15. The van der Waals surface area contributed by atoms with E-state index >= 15 is 0 Å². The Kier molecular flexibility index (Phi) is 3.23. The van der Waals surface area contributed by atoms with Crippen molar-refractivity contribution in [3.8, 4) is 11.4 Å². The number of hydrogen-bond donors (Lipinski definition) is 2. The van der Waals surface area contributed by atoms with Gasteiger partial charge in [-0.15, -0.1) is 0 Å². The van der Waals surface area contributed by atoms with E-state index in [1.165, 1.54) is 0 Å². The van der Waals surface area contributed by atoms with E-state index in [2.05, 4.69) is 20.6 Å². The summed E-state index contributed by atoms with van der Waals surface area (Å²) in [6.45, 7) is 1.01. The molecule has 2 unspecified atom stereocenters. The highest BCUT2D eigenvalue weighted by Crippen LogP contribution is 2.21. The van der Waals surface area contributed by atoms with Crippen molar-refractivity contribution >= 4 is 11.5 Å². The fourth-order valence-corrected chi connectivity index (χ4v) is 2.76. The van der Waals surface area contributed by atoms with Crippen molar-refractivity contribution in [1.29, 1.82) is 0 Å². The maximum absolute atomic E-state index is 13.7. The summed E-state index contributed by atoms with van der Waals surface area (Å²) < 4.78 is 15.7. The number of halogens is 1. The van der Waals surface area contributed by atoms with Crippen LogP contribution in [0.15, 0.2) is 48.8 Å². The first-order valence-corrected chi connectivity index (χ1v) is 7.32. The van der Waals surface area contributed by atoms with Gasteiger partial charge in [0.1, 0.15) is 17.6 Å². The fourth-order valence-electron chi connectivity index (χ4n) is 2.76. The third-order valence-electron chi connectivity index (χ3n) is 3.90. The van der Waals surface area contributed by atoms with Gasteiger partial charge >= 0.3 is 0 Å². The molecule has 3 aromatic rings. The van der Waals surface area contributed by atoms with E-state index in [-0.39, 0.29) is 6.04 Å². The normalized spacial score (nSPS) is 21.3. The number of fused-ring (bicyclic) bond motifs is 1. The van der Waals surface area contributed by atoms with Crippen molar-refractivity contribution in [2.24, 2.45) is 0 Å². The van der Waals surface area contributed by atoms with Gasteiger partial charge in [0.25, 0.3) is 0 Å². The summed E-state index contributed by atoms with van der Waals surface area (Å²) in [7, 11) is 0. The third-order valence-corrected chi connectivity index (χ3v) is 3.90. The Bertz CT molecular complexity index is 800. The van der Waals surface area contributed by atoms with Gasteiger partial charge in [0.15, 0.2) is 0 Å². The first kappa shape index (κ1) is 13.2. The van der Waals surface area contributed by atoms with Crippen LogP contribution in [0.4, 0.5) is 10.2 Å². The largest absolute Gasteiger partial charge is 0.363 e. The molecule has 1 aliphatic rings. The molecule has 112 valence electrons. The SMILES string of the molecule is FC1CNCC1Nc1cccc(-c2cnc3ccccn23)n1. The second kappa shape index (κ2) is 5.38. The van der Waals surface area contributed by atoms with Crippen LogP contribution in [0.2, 0.25) is 0 Å². The van der Waals surface area contributed by atoms with E-state index in [1.807, 2.05) is 47.0 Å². The predicted molar refractivity (Wildman–Crippen MR) is 83.6 cm³/mol. The molecule has 1 saturated heterocycles. The van der Waals surface area contributed by atoms with Crippen LogP contribution in [0, 0.1) is 0 Å². The number of alkyl halides is 1. The zero-order valence-electron chi connectivity index (χ0n) is 11.9. The van der Waals surface area contributed by atoms with Crippen LogP contribution in [0.25, 0.3) is 17.0 Å². The van der Waals surface area contributed by atoms with Gasteiger partial charge in [-0.25, -0.2) is 14.4 Å². The zero-order valence-corrected chi connectivity index (χ0v) is 11.9. The minimum Gasteiger partial charge on any atom is -0.363 e. The minimum atomic E-state index is -0.888. The molecular weight excluding hydrogens is 281 g/mol. The maximum atomic E-state index is 13.7. The number of imidazole rings is 1. The van der Waals surface area contributed by atoms with E-state index in [1.54, 1.807) is 6.20 Å². The molecule has 0 radical (unpaired) electrons. The summed E-state index contributed by atoms with van der Waals surface area (Å²) in [5.41, 5.74) is 2.60. The molecule has 1 fully saturated rings. The number of aromatic nitrogens is 3. The Labute approximate surface area is 127 Å².